The number of benzene rings is 1. The summed E-state index contributed by atoms with van der Waals surface area (Å²) in [7, 11) is 5.42. The second-order valence-corrected chi connectivity index (χ2v) is 4.57. The maximum atomic E-state index is 6.18. The summed E-state index contributed by atoms with van der Waals surface area (Å²) in [4.78, 5) is 2.24. The van der Waals surface area contributed by atoms with Crippen molar-refractivity contribution >= 4 is 0 Å². The lowest BCUT2D eigenvalue weighted by Gasteiger charge is -2.19. The Hall–Kier alpha value is -1.26. The molecule has 0 aliphatic carbocycles. The van der Waals surface area contributed by atoms with Crippen LogP contribution in [0.4, 0.5) is 0 Å². The Balaban J connectivity index is 2.38. The highest BCUT2D eigenvalue weighted by Crippen LogP contribution is 2.38. The van der Waals surface area contributed by atoms with Crippen molar-refractivity contribution in [3.8, 4) is 11.5 Å². The molecule has 1 saturated heterocycles. The van der Waals surface area contributed by atoms with Gasteiger partial charge in [0.25, 0.3) is 0 Å². The molecule has 0 saturated carbocycles. The van der Waals surface area contributed by atoms with Gasteiger partial charge in [-0.25, -0.2) is 0 Å². The molecule has 2 N–H and O–H groups in total. The Morgan fingerprint density at radius 2 is 2.00 bits per heavy atom. The van der Waals surface area contributed by atoms with E-state index in [-0.39, 0.29) is 6.04 Å². The highest BCUT2D eigenvalue weighted by atomic mass is 16.5. The van der Waals surface area contributed by atoms with Crippen molar-refractivity contribution in [1.29, 1.82) is 0 Å². The lowest BCUT2D eigenvalue weighted by Crippen LogP contribution is -2.28. The first kappa shape index (κ1) is 12.2. The maximum absolute atomic E-state index is 6.18. The van der Waals surface area contributed by atoms with Gasteiger partial charge in [-0.3, -0.25) is 0 Å². The highest BCUT2D eigenvalue weighted by Gasteiger charge is 2.31. The van der Waals surface area contributed by atoms with Crippen LogP contribution >= 0.6 is 0 Å². The molecule has 0 unspecified atom stereocenters. The van der Waals surface area contributed by atoms with E-state index in [1.807, 2.05) is 12.1 Å². The van der Waals surface area contributed by atoms with Crippen LogP contribution in [0, 0.1) is 0 Å². The van der Waals surface area contributed by atoms with Gasteiger partial charge in [0.05, 0.1) is 14.2 Å². The molecular weight excluding hydrogens is 216 g/mol. The van der Waals surface area contributed by atoms with Crippen LogP contribution in [-0.2, 0) is 0 Å². The molecule has 1 aliphatic rings. The average molecular weight is 236 g/mol. The van der Waals surface area contributed by atoms with Crippen LogP contribution in [-0.4, -0.2) is 45.3 Å². The first-order chi connectivity index (χ1) is 8.17. The maximum Gasteiger partial charge on any atom is 0.164 e. The van der Waals surface area contributed by atoms with Crippen molar-refractivity contribution < 1.29 is 9.47 Å². The zero-order chi connectivity index (χ0) is 12.4. The highest BCUT2D eigenvalue weighted by molar-refractivity contribution is 5.49. The van der Waals surface area contributed by atoms with Gasteiger partial charge in [0.2, 0.25) is 0 Å². The van der Waals surface area contributed by atoms with Crippen molar-refractivity contribution in [2.45, 2.75) is 12.0 Å². The van der Waals surface area contributed by atoms with Crippen LogP contribution in [0.2, 0.25) is 0 Å². The smallest absolute Gasteiger partial charge is 0.164 e. The van der Waals surface area contributed by atoms with Gasteiger partial charge in [0, 0.05) is 30.6 Å². The minimum Gasteiger partial charge on any atom is -0.493 e. The fourth-order valence-electron chi connectivity index (χ4n) is 2.57. The first-order valence-corrected chi connectivity index (χ1v) is 5.82. The predicted molar refractivity (Wildman–Crippen MR) is 67.8 cm³/mol. The van der Waals surface area contributed by atoms with E-state index >= 15 is 0 Å². The van der Waals surface area contributed by atoms with Crippen molar-refractivity contribution in [2.24, 2.45) is 5.73 Å². The van der Waals surface area contributed by atoms with E-state index in [0.29, 0.717) is 5.92 Å². The normalized spacial score (nSPS) is 24.9. The molecule has 1 heterocycles. The Labute approximate surface area is 102 Å². The quantitative estimate of drug-likeness (QED) is 0.852. The van der Waals surface area contributed by atoms with Gasteiger partial charge in [-0.15, -0.1) is 0 Å². The summed E-state index contributed by atoms with van der Waals surface area (Å²) in [5.41, 5.74) is 7.32. The van der Waals surface area contributed by atoms with Crippen molar-refractivity contribution in [3.63, 3.8) is 0 Å². The summed E-state index contributed by atoms with van der Waals surface area (Å²) >= 11 is 0. The molecule has 0 bridgehead atoms. The van der Waals surface area contributed by atoms with E-state index in [9.17, 15) is 0 Å². The van der Waals surface area contributed by atoms with E-state index in [1.165, 1.54) is 0 Å². The molecule has 0 spiro atoms. The molecule has 1 aliphatic heterocycles. The fraction of sp³-hybridized carbons (Fsp3) is 0.538. The average Bonchev–Trinajstić information content (AvgIpc) is 2.67. The van der Waals surface area contributed by atoms with Gasteiger partial charge in [-0.05, 0) is 13.1 Å². The van der Waals surface area contributed by atoms with Crippen LogP contribution in [0.25, 0.3) is 0 Å². The topological polar surface area (TPSA) is 47.7 Å². The molecule has 4 heteroatoms. The number of hydrogen-bond acceptors (Lipinski definition) is 4. The first-order valence-electron chi connectivity index (χ1n) is 5.82. The number of likely N-dealkylation sites (N-methyl/N-ethyl adjacent to an activating group) is 1. The molecule has 0 amide bonds. The standard InChI is InChI=1S/C13H20N2O2/c1-15-7-10(11(14)8-15)9-5-4-6-12(16-2)13(9)17-3/h4-6,10-11H,7-8,14H2,1-3H3/t10-,11-/m0/s1. The zero-order valence-corrected chi connectivity index (χ0v) is 10.6. The van der Waals surface area contributed by atoms with Crippen molar-refractivity contribution in [2.75, 3.05) is 34.4 Å². The molecule has 0 aromatic heterocycles. The van der Waals surface area contributed by atoms with Gasteiger partial charge in [0.1, 0.15) is 0 Å². The monoisotopic (exact) mass is 236 g/mol. The van der Waals surface area contributed by atoms with Crippen LogP contribution in [0.5, 0.6) is 11.5 Å². The Morgan fingerprint density at radius 3 is 2.53 bits per heavy atom. The zero-order valence-electron chi connectivity index (χ0n) is 10.6. The van der Waals surface area contributed by atoms with Gasteiger partial charge >= 0.3 is 0 Å². The SMILES string of the molecule is COc1cccc([C@@H]2CN(C)C[C@@H]2N)c1OC. The van der Waals surface area contributed by atoms with Crippen LogP contribution in [0.15, 0.2) is 18.2 Å². The minimum atomic E-state index is 0.154. The Kier molecular flexibility index (Phi) is 3.54. The summed E-state index contributed by atoms with van der Waals surface area (Å²) < 4.78 is 10.8. The molecule has 94 valence electrons. The number of para-hydroxylation sites is 1. The van der Waals surface area contributed by atoms with Crippen LogP contribution in [0.3, 0.4) is 0 Å². The molecule has 2 atom stereocenters. The van der Waals surface area contributed by atoms with Crippen LogP contribution < -0.4 is 15.2 Å². The predicted octanol–water partition coefficient (Wildman–Crippen LogP) is 1.06. The number of likely N-dealkylation sites (tertiary alicyclic amines) is 1. The molecule has 1 aromatic rings. The number of ether oxygens (including phenoxy) is 2. The van der Waals surface area contributed by atoms with E-state index in [0.717, 1.165) is 30.2 Å². The summed E-state index contributed by atoms with van der Waals surface area (Å²) in [5, 5.41) is 0. The summed E-state index contributed by atoms with van der Waals surface area (Å²) in [6.45, 7) is 1.88. The third-order valence-corrected chi connectivity index (χ3v) is 3.38. The molecule has 1 aromatic carbocycles. The van der Waals surface area contributed by atoms with E-state index in [4.69, 9.17) is 15.2 Å². The lowest BCUT2D eigenvalue weighted by atomic mass is 9.94. The number of nitrogens with zero attached hydrogens (tertiary/aromatic N) is 1. The number of rotatable bonds is 3. The fourth-order valence-corrected chi connectivity index (χ4v) is 2.57. The molecule has 1 fully saturated rings. The molecule has 2 rings (SSSR count). The van der Waals surface area contributed by atoms with Gasteiger partial charge < -0.3 is 20.1 Å². The number of nitrogens with two attached hydrogens (primary N) is 1. The summed E-state index contributed by atoms with van der Waals surface area (Å²) in [6.07, 6.45) is 0. The summed E-state index contributed by atoms with van der Waals surface area (Å²) in [6, 6.07) is 6.13. The lowest BCUT2D eigenvalue weighted by molar-refractivity contribution is 0.348. The Morgan fingerprint density at radius 1 is 1.24 bits per heavy atom. The van der Waals surface area contributed by atoms with Gasteiger partial charge in [-0.2, -0.15) is 0 Å². The van der Waals surface area contributed by atoms with E-state index in [1.54, 1.807) is 14.2 Å². The molecule has 0 radical (unpaired) electrons. The third kappa shape index (κ3) is 2.23. The number of methoxy groups -OCH3 is 2. The van der Waals surface area contributed by atoms with Crippen molar-refractivity contribution in [1.82, 2.24) is 4.90 Å². The van der Waals surface area contributed by atoms with E-state index in [2.05, 4.69) is 18.0 Å². The van der Waals surface area contributed by atoms with Crippen LogP contribution in [0.1, 0.15) is 11.5 Å². The second kappa shape index (κ2) is 4.94. The van der Waals surface area contributed by atoms with Gasteiger partial charge in [0.15, 0.2) is 11.5 Å². The second-order valence-electron chi connectivity index (χ2n) is 4.57. The molecule has 4 nitrogen and oxygen atoms in total. The third-order valence-electron chi connectivity index (χ3n) is 3.38. The molecular formula is C13H20N2O2. The summed E-state index contributed by atoms with van der Waals surface area (Å²) in [5.74, 6) is 1.89. The molecule has 17 heavy (non-hydrogen) atoms. The largest absolute Gasteiger partial charge is 0.493 e. The Bertz CT molecular complexity index is 395. The van der Waals surface area contributed by atoms with Crippen molar-refractivity contribution in [3.05, 3.63) is 23.8 Å². The van der Waals surface area contributed by atoms with E-state index < -0.39 is 0 Å². The minimum absolute atomic E-state index is 0.154. The van der Waals surface area contributed by atoms with Gasteiger partial charge in [-0.1, -0.05) is 12.1 Å². The number of hydrogen-bond donors (Lipinski definition) is 1.